The van der Waals surface area contributed by atoms with Crippen LogP contribution < -0.4 is 20.7 Å². The van der Waals surface area contributed by atoms with Crippen LogP contribution in [0.1, 0.15) is 29.3 Å². The van der Waals surface area contributed by atoms with Crippen molar-refractivity contribution in [1.82, 2.24) is 20.0 Å². The molecule has 3 aromatic carbocycles. The van der Waals surface area contributed by atoms with E-state index in [-0.39, 0.29) is 0 Å². The van der Waals surface area contributed by atoms with Crippen molar-refractivity contribution in [2.75, 3.05) is 32.2 Å². The van der Waals surface area contributed by atoms with Crippen LogP contribution in [0.15, 0.2) is 71.7 Å². The molecule has 0 aliphatic carbocycles. The summed E-state index contributed by atoms with van der Waals surface area (Å²) in [7, 11) is 0. The van der Waals surface area contributed by atoms with Gasteiger partial charge in [0.15, 0.2) is 0 Å². The minimum Gasteiger partial charge on any atom is -0.494 e. The number of aromatic nitrogens is 1. The van der Waals surface area contributed by atoms with Gasteiger partial charge in [0.25, 0.3) is 0 Å². The quantitative estimate of drug-likeness (QED) is 0.225. The number of benzene rings is 3. The summed E-state index contributed by atoms with van der Waals surface area (Å²) in [5.41, 5.74) is 6.71. The third kappa shape index (κ3) is 5.28. The molecule has 0 saturated carbocycles. The minimum atomic E-state index is -0.477. The predicted molar refractivity (Wildman–Crippen MR) is 157 cm³/mol. The molecule has 0 radical (unpaired) electrons. The van der Waals surface area contributed by atoms with E-state index in [4.69, 9.17) is 38.5 Å². The first-order chi connectivity index (χ1) is 19.5. The summed E-state index contributed by atoms with van der Waals surface area (Å²) in [4.78, 5) is 19.4. The van der Waals surface area contributed by atoms with Crippen LogP contribution in [-0.2, 0) is 6.42 Å². The van der Waals surface area contributed by atoms with Crippen molar-refractivity contribution in [3.63, 3.8) is 0 Å². The van der Waals surface area contributed by atoms with Gasteiger partial charge in [0.2, 0.25) is 0 Å². The Labute approximate surface area is 241 Å². The lowest BCUT2D eigenvalue weighted by Crippen LogP contribution is -2.43. The maximum Gasteiger partial charge on any atom is 0.416 e. The van der Waals surface area contributed by atoms with Crippen LogP contribution in [0.25, 0.3) is 10.9 Å². The topological polar surface area (TPSA) is 97.3 Å². The van der Waals surface area contributed by atoms with Crippen molar-refractivity contribution in [3.05, 3.63) is 93.6 Å². The van der Waals surface area contributed by atoms with Gasteiger partial charge in [-0.25, -0.2) is 9.80 Å². The second-order valence-electron chi connectivity index (χ2n) is 9.68. The first-order valence-corrected chi connectivity index (χ1v) is 13.8. The molecule has 40 heavy (non-hydrogen) atoms. The lowest BCUT2D eigenvalue weighted by Gasteiger charge is -2.36. The molecule has 1 atom stereocenters. The van der Waals surface area contributed by atoms with Gasteiger partial charge in [-0.3, -0.25) is 14.6 Å². The molecule has 2 aliphatic rings. The van der Waals surface area contributed by atoms with Crippen molar-refractivity contribution in [3.8, 4) is 11.5 Å². The summed E-state index contributed by atoms with van der Waals surface area (Å²) < 4.78 is 13.4. The standard InChI is InChI=1S/C29H28Cl2N6O3/c30-20-4-9-23(10-5-20)40-29(38)36-14-12-24-25-16-21(31)6-11-26(25)37(32)28(24)27(36)19-2-7-22(8-3-19)39-15-1-13-35-18-33-17-34-35/h2-11,16-17,27H,1,12-15,18,32H2,(H,33,34). The molecule has 206 valence electrons. The number of nitrogens with one attached hydrogen (secondary N) is 1. The van der Waals surface area contributed by atoms with Crippen LogP contribution in [0.5, 0.6) is 11.5 Å². The van der Waals surface area contributed by atoms with Crippen LogP contribution in [0, 0.1) is 0 Å². The van der Waals surface area contributed by atoms with Crippen LogP contribution in [-0.4, -0.2) is 53.4 Å². The molecule has 9 nitrogen and oxygen atoms in total. The van der Waals surface area contributed by atoms with E-state index < -0.39 is 12.1 Å². The SMILES string of the molecule is Nn1c2c(c3cc(Cl)ccc31)CCN(C(=O)Oc1ccc(Cl)cc1)C2c1ccc(OCCCN2CN=CN2)cc1. The number of nitrogens with zero attached hydrogens (tertiary/aromatic N) is 4. The number of rotatable bonds is 7. The molecule has 1 aromatic heterocycles. The van der Waals surface area contributed by atoms with E-state index in [0.717, 1.165) is 46.4 Å². The maximum atomic E-state index is 13.5. The van der Waals surface area contributed by atoms with Gasteiger partial charge in [0, 0.05) is 28.5 Å². The van der Waals surface area contributed by atoms with Gasteiger partial charge in [0.05, 0.1) is 24.2 Å². The van der Waals surface area contributed by atoms with Gasteiger partial charge in [-0.05, 0) is 78.6 Å². The highest BCUT2D eigenvalue weighted by molar-refractivity contribution is 6.31. The average Bonchev–Trinajstić information content (AvgIpc) is 3.58. The summed E-state index contributed by atoms with van der Waals surface area (Å²) in [6.45, 7) is 2.50. The van der Waals surface area contributed by atoms with E-state index in [9.17, 15) is 4.79 Å². The number of carbonyl (C=O) groups is 1. The fraction of sp³-hybridized carbons (Fsp3) is 0.241. The number of aliphatic imine (C=N–C) groups is 1. The fourth-order valence-corrected chi connectivity index (χ4v) is 5.57. The molecule has 3 N–H and O–H groups in total. The highest BCUT2D eigenvalue weighted by Crippen LogP contribution is 2.41. The molecule has 2 aliphatic heterocycles. The van der Waals surface area contributed by atoms with Gasteiger partial charge < -0.3 is 20.7 Å². The second-order valence-corrected chi connectivity index (χ2v) is 10.6. The van der Waals surface area contributed by atoms with E-state index in [2.05, 4.69) is 10.4 Å². The van der Waals surface area contributed by atoms with Crippen LogP contribution in [0.3, 0.4) is 0 Å². The van der Waals surface area contributed by atoms with Crippen molar-refractivity contribution >= 4 is 46.5 Å². The van der Waals surface area contributed by atoms with Crippen molar-refractivity contribution in [2.24, 2.45) is 4.99 Å². The zero-order valence-corrected chi connectivity index (χ0v) is 23.1. The summed E-state index contributed by atoms with van der Waals surface area (Å²) in [5, 5.41) is 4.20. The van der Waals surface area contributed by atoms with Gasteiger partial charge in [0.1, 0.15) is 24.2 Å². The Morgan fingerprint density at radius 3 is 2.52 bits per heavy atom. The summed E-state index contributed by atoms with van der Waals surface area (Å²) in [6.07, 6.45) is 2.69. The highest BCUT2D eigenvalue weighted by atomic mass is 35.5. The number of fused-ring (bicyclic) bond motifs is 3. The highest BCUT2D eigenvalue weighted by Gasteiger charge is 2.37. The lowest BCUT2D eigenvalue weighted by atomic mass is 9.92. The van der Waals surface area contributed by atoms with E-state index in [1.54, 1.807) is 40.2 Å². The predicted octanol–water partition coefficient (Wildman–Crippen LogP) is 5.38. The molecule has 0 fully saturated rings. The summed E-state index contributed by atoms with van der Waals surface area (Å²) in [5.74, 6) is 7.84. The van der Waals surface area contributed by atoms with E-state index in [1.807, 2.05) is 47.5 Å². The minimum absolute atomic E-state index is 0.415. The number of nitrogen functional groups attached to an aromatic ring is 1. The average molecular weight is 579 g/mol. The van der Waals surface area contributed by atoms with Crippen molar-refractivity contribution in [2.45, 2.75) is 18.9 Å². The molecule has 4 aromatic rings. The van der Waals surface area contributed by atoms with E-state index in [1.165, 1.54) is 0 Å². The van der Waals surface area contributed by atoms with Gasteiger partial charge in [-0.1, -0.05) is 35.3 Å². The van der Waals surface area contributed by atoms with Gasteiger partial charge in [-0.15, -0.1) is 0 Å². The first kappa shape index (κ1) is 26.3. The number of amides is 1. The molecule has 3 heterocycles. The summed E-state index contributed by atoms with van der Waals surface area (Å²) >= 11 is 12.3. The van der Waals surface area contributed by atoms with Crippen LogP contribution >= 0.6 is 23.2 Å². The number of ether oxygens (including phenoxy) is 2. The Hall–Kier alpha value is -3.92. The van der Waals surface area contributed by atoms with Crippen LogP contribution in [0.2, 0.25) is 10.0 Å². The fourth-order valence-electron chi connectivity index (χ4n) is 5.27. The first-order valence-electron chi connectivity index (χ1n) is 13.0. The Morgan fingerprint density at radius 2 is 1.77 bits per heavy atom. The Balaban J connectivity index is 1.28. The van der Waals surface area contributed by atoms with Gasteiger partial charge in [-0.2, -0.15) is 0 Å². The smallest absolute Gasteiger partial charge is 0.416 e. The Morgan fingerprint density at radius 1 is 1.02 bits per heavy atom. The zero-order valence-electron chi connectivity index (χ0n) is 21.6. The number of halogens is 2. The lowest BCUT2D eigenvalue weighted by molar-refractivity contribution is 0.134. The van der Waals surface area contributed by atoms with Crippen LogP contribution in [0.4, 0.5) is 4.79 Å². The number of hydrazine groups is 1. The third-order valence-electron chi connectivity index (χ3n) is 7.16. The number of hydrogen-bond donors (Lipinski definition) is 2. The van der Waals surface area contributed by atoms with E-state index in [0.29, 0.717) is 42.0 Å². The molecule has 0 bridgehead atoms. The van der Waals surface area contributed by atoms with Crippen molar-refractivity contribution in [1.29, 1.82) is 0 Å². The molecule has 6 rings (SSSR count). The molecule has 0 spiro atoms. The molecular formula is C29H28Cl2N6O3. The number of hydrogen-bond acceptors (Lipinski definition) is 7. The normalized spacial score (nSPS) is 16.6. The van der Waals surface area contributed by atoms with E-state index >= 15 is 0 Å². The third-order valence-corrected chi connectivity index (χ3v) is 7.65. The Kier molecular flexibility index (Phi) is 7.42. The monoisotopic (exact) mass is 578 g/mol. The van der Waals surface area contributed by atoms with Crippen molar-refractivity contribution < 1.29 is 14.3 Å². The largest absolute Gasteiger partial charge is 0.494 e. The molecule has 11 heteroatoms. The number of nitrogens with two attached hydrogens (primary N) is 1. The Bertz CT molecular complexity index is 1550. The summed E-state index contributed by atoms with van der Waals surface area (Å²) in [6, 6.07) is 19.7. The molecule has 0 saturated heterocycles. The molecule has 1 unspecified atom stereocenters. The molecule has 1 amide bonds. The number of carbonyl (C=O) groups excluding carboxylic acids is 1. The second kappa shape index (κ2) is 11.3. The van der Waals surface area contributed by atoms with Gasteiger partial charge >= 0.3 is 6.09 Å². The molecular weight excluding hydrogens is 551 g/mol. The maximum absolute atomic E-state index is 13.5. The zero-order chi connectivity index (χ0) is 27.6.